The number of carboxylic acids is 1. The zero-order chi connectivity index (χ0) is 15.3. The molecule has 1 aliphatic heterocycles. The van der Waals surface area contributed by atoms with Crippen LogP contribution in [0.3, 0.4) is 0 Å². The standard InChI is InChI=1S/C13H18N4O4/c1-9-6-15-10(7-14-9)8-16-12(20)17-13(11(18)19)2-4-21-5-3-13/h6-7H,2-5,8H2,1H3,(H,18,19)(H2,16,17,20). The molecule has 21 heavy (non-hydrogen) atoms. The summed E-state index contributed by atoms with van der Waals surface area (Å²) in [6, 6.07) is -0.540. The zero-order valence-corrected chi connectivity index (χ0v) is 11.8. The van der Waals surface area contributed by atoms with E-state index in [9.17, 15) is 14.7 Å². The van der Waals surface area contributed by atoms with Crippen molar-refractivity contribution >= 4 is 12.0 Å². The van der Waals surface area contributed by atoms with E-state index in [0.717, 1.165) is 5.69 Å². The largest absolute Gasteiger partial charge is 0.480 e. The van der Waals surface area contributed by atoms with Crippen molar-refractivity contribution in [2.45, 2.75) is 31.8 Å². The molecule has 1 aliphatic rings. The minimum absolute atomic E-state index is 0.186. The fourth-order valence-electron chi connectivity index (χ4n) is 2.06. The first-order chi connectivity index (χ1) is 10.0. The van der Waals surface area contributed by atoms with Crippen molar-refractivity contribution in [2.24, 2.45) is 0 Å². The average Bonchev–Trinajstić information content (AvgIpc) is 2.47. The summed E-state index contributed by atoms with van der Waals surface area (Å²) in [7, 11) is 0. The molecule has 8 heteroatoms. The van der Waals surface area contributed by atoms with Crippen LogP contribution in [0.25, 0.3) is 0 Å². The second-order valence-corrected chi connectivity index (χ2v) is 4.96. The first-order valence-electron chi connectivity index (χ1n) is 6.66. The number of carboxylic acid groups (broad SMARTS) is 1. The minimum atomic E-state index is -1.26. The molecule has 2 rings (SSSR count). The zero-order valence-electron chi connectivity index (χ0n) is 11.8. The van der Waals surface area contributed by atoms with Crippen molar-refractivity contribution in [3.05, 3.63) is 23.8 Å². The van der Waals surface area contributed by atoms with Gasteiger partial charge in [-0.1, -0.05) is 0 Å². The summed E-state index contributed by atoms with van der Waals surface area (Å²) in [4.78, 5) is 31.5. The predicted molar refractivity (Wildman–Crippen MR) is 72.6 cm³/mol. The van der Waals surface area contributed by atoms with E-state index in [1.807, 2.05) is 6.92 Å². The highest BCUT2D eigenvalue weighted by Gasteiger charge is 2.41. The molecule has 8 nitrogen and oxygen atoms in total. The summed E-state index contributed by atoms with van der Waals surface area (Å²) in [6.45, 7) is 2.63. The SMILES string of the molecule is Cc1cnc(CNC(=O)NC2(C(=O)O)CCOCC2)cn1. The van der Waals surface area contributed by atoms with Gasteiger partial charge in [0.2, 0.25) is 0 Å². The second-order valence-electron chi connectivity index (χ2n) is 4.96. The maximum absolute atomic E-state index is 11.9. The fraction of sp³-hybridized carbons (Fsp3) is 0.538. The first-order valence-corrected chi connectivity index (χ1v) is 6.66. The highest BCUT2D eigenvalue weighted by Crippen LogP contribution is 2.20. The molecule has 0 aromatic carbocycles. The topological polar surface area (TPSA) is 113 Å². The maximum atomic E-state index is 11.9. The number of aromatic nitrogens is 2. The number of hydrogen-bond acceptors (Lipinski definition) is 5. The lowest BCUT2D eigenvalue weighted by Gasteiger charge is -2.33. The quantitative estimate of drug-likeness (QED) is 0.732. The van der Waals surface area contributed by atoms with Gasteiger partial charge in [0.25, 0.3) is 0 Å². The third-order valence-corrected chi connectivity index (χ3v) is 3.37. The Balaban J connectivity index is 1.90. The molecular weight excluding hydrogens is 276 g/mol. The van der Waals surface area contributed by atoms with Gasteiger partial charge in [0.1, 0.15) is 5.54 Å². The smallest absolute Gasteiger partial charge is 0.329 e. The van der Waals surface area contributed by atoms with Gasteiger partial charge >= 0.3 is 12.0 Å². The number of nitrogens with one attached hydrogen (secondary N) is 2. The molecule has 0 saturated carbocycles. The molecule has 1 aromatic rings. The Bertz CT molecular complexity index is 511. The summed E-state index contributed by atoms with van der Waals surface area (Å²) in [6.07, 6.45) is 3.67. The van der Waals surface area contributed by atoms with Crippen molar-refractivity contribution in [1.82, 2.24) is 20.6 Å². The van der Waals surface area contributed by atoms with Gasteiger partial charge in [-0.2, -0.15) is 0 Å². The number of rotatable bonds is 4. The molecule has 2 amide bonds. The van der Waals surface area contributed by atoms with Gasteiger partial charge in [0, 0.05) is 32.3 Å². The van der Waals surface area contributed by atoms with Gasteiger partial charge in [-0.15, -0.1) is 0 Å². The molecule has 0 bridgehead atoms. The molecule has 1 fully saturated rings. The summed E-state index contributed by atoms with van der Waals surface area (Å²) >= 11 is 0. The summed E-state index contributed by atoms with van der Waals surface area (Å²) in [5.74, 6) is -1.05. The van der Waals surface area contributed by atoms with E-state index < -0.39 is 17.5 Å². The van der Waals surface area contributed by atoms with Crippen LogP contribution in [0.4, 0.5) is 4.79 Å². The predicted octanol–water partition coefficient (Wildman–Crippen LogP) is 0.218. The molecule has 0 unspecified atom stereocenters. The third kappa shape index (κ3) is 3.88. The molecule has 2 heterocycles. The summed E-state index contributed by atoms with van der Waals surface area (Å²) in [5, 5.41) is 14.5. The van der Waals surface area contributed by atoms with Crippen molar-refractivity contribution < 1.29 is 19.4 Å². The lowest BCUT2D eigenvalue weighted by Crippen LogP contribution is -2.59. The molecule has 0 spiro atoms. The van der Waals surface area contributed by atoms with Crippen LogP contribution in [0, 0.1) is 6.92 Å². The number of carbonyl (C=O) groups excluding carboxylic acids is 1. The van der Waals surface area contributed by atoms with Gasteiger partial charge < -0.3 is 20.5 Å². The number of nitrogens with zero attached hydrogens (tertiary/aromatic N) is 2. The lowest BCUT2D eigenvalue weighted by atomic mass is 9.90. The summed E-state index contributed by atoms with van der Waals surface area (Å²) < 4.78 is 5.14. The molecule has 0 aliphatic carbocycles. The van der Waals surface area contributed by atoms with E-state index in [1.165, 1.54) is 0 Å². The normalized spacial score (nSPS) is 17.0. The van der Waals surface area contributed by atoms with Crippen molar-refractivity contribution in [1.29, 1.82) is 0 Å². The molecule has 1 saturated heterocycles. The van der Waals surface area contributed by atoms with Crippen LogP contribution in [0.5, 0.6) is 0 Å². The number of hydrogen-bond donors (Lipinski definition) is 3. The van der Waals surface area contributed by atoms with Gasteiger partial charge in [0.05, 0.1) is 24.1 Å². The Morgan fingerprint density at radius 2 is 2.05 bits per heavy atom. The van der Waals surface area contributed by atoms with E-state index in [-0.39, 0.29) is 19.4 Å². The minimum Gasteiger partial charge on any atom is -0.480 e. The van der Waals surface area contributed by atoms with Crippen LogP contribution in [-0.4, -0.2) is 45.8 Å². The number of aryl methyl sites for hydroxylation is 1. The van der Waals surface area contributed by atoms with Crippen LogP contribution in [-0.2, 0) is 16.1 Å². The van der Waals surface area contributed by atoms with Crippen molar-refractivity contribution in [3.63, 3.8) is 0 Å². The van der Waals surface area contributed by atoms with Crippen molar-refractivity contribution in [3.8, 4) is 0 Å². The Morgan fingerprint density at radius 1 is 1.33 bits per heavy atom. The van der Waals surface area contributed by atoms with Crippen LogP contribution in [0.1, 0.15) is 24.2 Å². The number of urea groups is 1. The number of amides is 2. The molecule has 114 valence electrons. The van der Waals surface area contributed by atoms with Crippen LogP contribution >= 0.6 is 0 Å². The Labute approximate surface area is 121 Å². The van der Waals surface area contributed by atoms with E-state index in [1.54, 1.807) is 12.4 Å². The van der Waals surface area contributed by atoms with Crippen LogP contribution < -0.4 is 10.6 Å². The van der Waals surface area contributed by atoms with Gasteiger partial charge in [0.15, 0.2) is 0 Å². The third-order valence-electron chi connectivity index (χ3n) is 3.37. The molecule has 0 atom stereocenters. The van der Waals surface area contributed by atoms with Gasteiger partial charge in [-0.3, -0.25) is 9.97 Å². The lowest BCUT2D eigenvalue weighted by molar-refractivity contribution is -0.148. The molecular formula is C13H18N4O4. The fourth-order valence-corrected chi connectivity index (χ4v) is 2.06. The monoisotopic (exact) mass is 294 g/mol. The van der Waals surface area contributed by atoms with E-state index >= 15 is 0 Å². The number of aliphatic carboxylic acids is 1. The van der Waals surface area contributed by atoms with Crippen molar-refractivity contribution in [2.75, 3.05) is 13.2 Å². The first kappa shape index (κ1) is 15.2. The van der Waals surface area contributed by atoms with E-state index in [0.29, 0.717) is 18.9 Å². The maximum Gasteiger partial charge on any atom is 0.329 e. The number of carbonyl (C=O) groups is 2. The summed E-state index contributed by atoms with van der Waals surface area (Å²) in [5.41, 5.74) is 0.128. The Kier molecular flexibility index (Phi) is 4.69. The molecule has 0 radical (unpaired) electrons. The molecule has 1 aromatic heterocycles. The van der Waals surface area contributed by atoms with Gasteiger partial charge in [-0.05, 0) is 6.92 Å². The highest BCUT2D eigenvalue weighted by molar-refractivity contribution is 5.86. The highest BCUT2D eigenvalue weighted by atomic mass is 16.5. The van der Waals surface area contributed by atoms with E-state index in [2.05, 4.69) is 20.6 Å². The number of ether oxygens (including phenoxy) is 1. The van der Waals surface area contributed by atoms with Gasteiger partial charge in [-0.25, -0.2) is 9.59 Å². The molecule has 3 N–H and O–H groups in total. The van der Waals surface area contributed by atoms with Crippen LogP contribution in [0.2, 0.25) is 0 Å². The second kappa shape index (κ2) is 6.49. The van der Waals surface area contributed by atoms with E-state index in [4.69, 9.17) is 4.74 Å². The Morgan fingerprint density at radius 3 is 2.62 bits per heavy atom. The Hall–Kier alpha value is -2.22. The average molecular weight is 294 g/mol. The van der Waals surface area contributed by atoms with Crippen LogP contribution in [0.15, 0.2) is 12.4 Å².